The van der Waals surface area contributed by atoms with Gasteiger partial charge in [-0.1, -0.05) is 11.6 Å². The predicted molar refractivity (Wildman–Crippen MR) is 63.1 cm³/mol. The summed E-state index contributed by atoms with van der Waals surface area (Å²) in [7, 11) is 0. The number of nitrogens with zero attached hydrogens (tertiary/aromatic N) is 1. The summed E-state index contributed by atoms with van der Waals surface area (Å²) >= 11 is 9.25. The number of anilines is 1. The summed E-state index contributed by atoms with van der Waals surface area (Å²) in [4.78, 5) is 4.24. The van der Waals surface area contributed by atoms with E-state index in [2.05, 4.69) is 31.6 Å². The Hall–Kier alpha value is -0.740. The van der Waals surface area contributed by atoms with E-state index in [0.29, 0.717) is 5.02 Å². The van der Waals surface area contributed by atoms with Gasteiger partial charge >= 0.3 is 0 Å². The first-order chi connectivity index (χ1) is 6.75. The minimum atomic E-state index is 0.712. The highest BCUT2D eigenvalue weighted by molar-refractivity contribution is 9.10. The van der Waals surface area contributed by atoms with Crippen LogP contribution in [0.3, 0.4) is 0 Å². The molecule has 0 aromatic heterocycles. The molecule has 5 heteroatoms. The molecule has 0 saturated heterocycles. The highest BCUT2D eigenvalue weighted by atomic mass is 79.9. The van der Waals surface area contributed by atoms with E-state index >= 15 is 0 Å². The van der Waals surface area contributed by atoms with Crippen molar-refractivity contribution in [3.8, 4) is 0 Å². The third-order valence-electron chi connectivity index (χ3n) is 1.86. The maximum atomic E-state index is 5.83. The first-order valence-corrected chi connectivity index (χ1v) is 5.43. The normalized spacial score (nSPS) is 14.9. The molecule has 1 aromatic carbocycles. The van der Waals surface area contributed by atoms with Crippen LogP contribution in [0.15, 0.2) is 27.7 Å². The second kappa shape index (κ2) is 4.19. The zero-order chi connectivity index (χ0) is 9.97. The molecular weight excluding hydrogens is 265 g/mol. The Morgan fingerprint density at radius 3 is 3.00 bits per heavy atom. The molecule has 0 amide bonds. The summed E-state index contributed by atoms with van der Waals surface area (Å²) < 4.78 is 0.932. The Bertz CT molecular complexity index is 378. The van der Waals surface area contributed by atoms with Crippen LogP contribution >= 0.6 is 27.5 Å². The molecule has 0 unspecified atom stereocenters. The van der Waals surface area contributed by atoms with Gasteiger partial charge in [-0.05, 0) is 34.1 Å². The van der Waals surface area contributed by atoms with Gasteiger partial charge in [0.2, 0.25) is 0 Å². The topological polar surface area (TPSA) is 36.4 Å². The summed E-state index contributed by atoms with van der Waals surface area (Å²) in [5, 5.41) is 7.01. The van der Waals surface area contributed by atoms with Crippen LogP contribution in [0.2, 0.25) is 5.02 Å². The highest BCUT2D eigenvalue weighted by Gasteiger charge is 2.06. The standard InChI is InChI=1S/C9H9BrClN3/c10-7-5-6(11)1-2-8(7)14-9-12-3-4-13-9/h1-2,5H,3-4H2,(H2,12,13,14). The number of halogens is 2. The lowest BCUT2D eigenvalue weighted by molar-refractivity contribution is 0.959. The number of benzene rings is 1. The van der Waals surface area contributed by atoms with Gasteiger partial charge in [0, 0.05) is 16.0 Å². The van der Waals surface area contributed by atoms with Gasteiger partial charge in [-0.15, -0.1) is 0 Å². The number of hydrogen-bond donors (Lipinski definition) is 2. The lowest BCUT2D eigenvalue weighted by Crippen LogP contribution is -2.26. The number of aliphatic imine (C=N–C) groups is 1. The molecule has 0 aliphatic carbocycles. The quantitative estimate of drug-likeness (QED) is 0.825. The number of nitrogens with one attached hydrogen (secondary N) is 2. The molecule has 74 valence electrons. The van der Waals surface area contributed by atoms with Gasteiger partial charge in [-0.25, -0.2) is 0 Å². The third kappa shape index (κ3) is 2.19. The smallest absolute Gasteiger partial charge is 0.195 e. The molecule has 0 bridgehead atoms. The Labute approximate surface area is 95.7 Å². The van der Waals surface area contributed by atoms with Gasteiger partial charge in [0.25, 0.3) is 0 Å². The van der Waals surface area contributed by atoms with E-state index in [4.69, 9.17) is 11.6 Å². The van der Waals surface area contributed by atoms with Gasteiger partial charge < -0.3 is 10.6 Å². The second-order valence-corrected chi connectivity index (χ2v) is 4.20. The minimum Gasteiger partial charge on any atom is -0.354 e. The molecule has 2 rings (SSSR count). The maximum absolute atomic E-state index is 5.83. The van der Waals surface area contributed by atoms with Crippen LogP contribution < -0.4 is 10.6 Å². The van der Waals surface area contributed by atoms with Crippen molar-refractivity contribution in [2.75, 3.05) is 18.4 Å². The van der Waals surface area contributed by atoms with Crippen LogP contribution in [-0.4, -0.2) is 19.0 Å². The van der Waals surface area contributed by atoms with Crippen molar-refractivity contribution in [2.45, 2.75) is 0 Å². The maximum Gasteiger partial charge on any atom is 0.195 e. The number of rotatable bonds is 1. The average molecular weight is 275 g/mol. The zero-order valence-corrected chi connectivity index (χ0v) is 9.69. The Kier molecular flexibility index (Phi) is 2.93. The lowest BCUT2D eigenvalue weighted by Gasteiger charge is -2.08. The Morgan fingerprint density at radius 1 is 1.50 bits per heavy atom. The number of guanidine groups is 1. The molecule has 0 spiro atoms. The fourth-order valence-electron chi connectivity index (χ4n) is 1.20. The molecule has 3 nitrogen and oxygen atoms in total. The predicted octanol–water partition coefficient (Wildman–Crippen LogP) is 2.47. The van der Waals surface area contributed by atoms with Gasteiger partial charge in [0.15, 0.2) is 5.96 Å². The molecule has 1 aliphatic rings. The van der Waals surface area contributed by atoms with E-state index < -0.39 is 0 Å². The molecule has 0 fully saturated rings. The summed E-state index contributed by atoms with van der Waals surface area (Å²) in [6.07, 6.45) is 0. The summed E-state index contributed by atoms with van der Waals surface area (Å²) in [6, 6.07) is 5.60. The summed E-state index contributed by atoms with van der Waals surface area (Å²) in [5.41, 5.74) is 0.961. The molecule has 0 saturated carbocycles. The molecule has 0 radical (unpaired) electrons. The largest absolute Gasteiger partial charge is 0.354 e. The van der Waals surface area contributed by atoms with Crippen molar-refractivity contribution in [3.05, 3.63) is 27.7 Å². The van der Waals surface area contributed by atoms with Crippen molar-refractivity contribution >= 4 is 39.2 Å². The average Bonchev–Trinajstić information content (AvgIpc) is 2.62. The van der Waals surface area contributed by atoms with Gasteiger partial charge in [0.05, 0.1) is 12.2 Å². The van der Waals surface area contributed by atoms with Crippen molar-refractivity contribution in [1.29, 1.82) is 0 Å². The first kappa shape index (κ1) is 9.80. The molecule has 1 aliphatic heterocycles. The monoisotopic (exact) mass is 273 g/mol. The summed E-state index contributed by atoms with van der Waals surface area (Å²) in [5.74, 6) is 0.813. The van der Waals surface area contributed by atoms with E-state index in [1.807, 2.05) is 18.2 Å². The third-order valence-corrected chi connectivity index (χ3v) is 2.75. The van der Waals surface area contributed by atoms with Crippen LogP contribution in [0.1, 0.15) is 0 Å². The zero-order valence-electron chi connectivity index (χ0n) is 7.35. The Balaban J connectivity index is 2.16. The van der Waals surface area contributed by atoms with Crippen LogP contribution in [0.5, 0.6) is 0 Å². The molecule has 0 atom stereocenters. The van der Waals surface area contributed by atoms with Gasteiger partial charge in [-0.3, -0.25) is 4.99 Å². The Morgan fingerprint density at radius 2 is 2.36 bits per heavy atom. The van der Waals surface area contributed by atoms with E-state index in [1.165, 1.54) is 0 Å². The minimum absolute atomic E-state index is 0.712. The highest BCUT2D eigenvalue weighted by Crippen LogP contribution is 2.25. The van der Waals surface area contributed by atoms with Gasteiger partial charge in [0.1, 0.15) is 0 Å². The molecule has 1 aromatic rings. The van der Waals surface area contributed by atoms with Crippen molar-refractivity contribution in [2.24, 2.45) is 4.99 Å². The lowest BCUT2D eigenvalue weighted by atomic mass is 10.3. The molecule has 14 heavy (non-hydrogen) atoms. The van der Waals surface area contributed by atoms with Crippen molar-refractivity contribution in [1.82, 2.24) is 5.32 Å². The molecule has 2 N–H and O–H groups in total. The van der Waals surface area contributed by atoms with Crippen LogP contribution in [-0.2, 0) is 0 Å². The van der Waals surface area contributed by atoms with Crippen molar-refractivity contribution in [3.63, 3.8) is 0 Å². The van der Waals surface area contributed by atoms with Gasteiger partial charge in [-0.2, -0.15) is 0 Å². The SMILES string of the molecule is Clc1ccc(NC2=NCCN2)c(Br)c1. The van der Waals surface area contributed by atoms with Crippen LogP contribution in [0.25, 0.3) is 0 Å². The van der Waals surface area contributed by atoms with Crippen LogP contribution in [0.4, 0.5) is 5.69 Å². The van der Waals surface area contributed by atoms with E-state index in [1.54, 1.807) is 0 Å². The summed E-state index contributed by atoms with van der Waals surface area (Å²) in [6.45, 7) is 1.72. The fraction of sp³-hybridized carbons (Fsp3) is 0.222. The molecular formula is C9H9BrClN3. The number of hydrogen-bond acceptors (Lipinski definition) is 3. The van der Waals surface area contributed by atoms with E-state index in [9.17, 15) is 0 Å². The second-order valence-electron chi connectivity index (χ2n) is 2.91. The first-order valence-electron chi connectivity index (χ1n) is 4.26. The van der Waals surface area contributed by atoms with Crippen LogP contribution in [0, 0.1) is 0 Å². The van der Waals surface area contributed by atoms with Crippen molar-refractivity contribution < 1.29 is 0 Å². The van der Waals surface area contributed by atoms with E-state index in [-0.39, 0.29) is 0 Å². The fourth-order valence-corrected chi connectivity index (χ4v) is 1.98. The molecule has 1 heterocycles. The van der Waals surface area contributed by atoms with E-state index in [0.717, 1.165) is 29.2 Å².